The van der Waals surface area contributed by atoms with Gasteiger partial charge < -0.3 is 44.5 Å². The number of carbonyl (C=O) groups excluding carboxylic acids is 4. The SMILES string of the molecule is CCOC(=O)[C@H](CCC(C)C)NCCC[C@@H]1C[C@@H](OC(=O)NCc2cccc3ccccc23)C[C@@]2(CCC[C@H](COC(=O)NCCCN3CCCC3=O)O2)O1. The predicted molar refractivity (Wildman–Crippen MR) is 208 cm³/mol. The van der Waals surface area contributed by atoms with Crippen molar-refractivity contribution >= 4 is 34.8 Å². The molecule has 0 radical (unpaired) electrons. The van der Waals surface area contributed by atoms with Crippen LogP contribution in [0.3, 0.4) is 0 Å². The van der Waals surface area contributed by atoms with Gasteiger partial charge in [0, 0.05) is 51.9 Å². The van der Waals surface area contributed by atoms with E-state index in [9.17, 15) is 19.2 Å². The second-order valence-corrected chi connectivity index (χ2v) is 15.5. The van der Waals surface area contributed by atoms with Crippen LogP contribution in [0.1, 0.15) is 103 Å². The van der Waals surface area contributed by atoms with E-state index in [4.69, 9.17) is 23.7 Å². The van der Waals surface area contributed by atoms with Crippen molar-refractivity contribution in [3.63, 3.8) is 0 Å². The molecule has 0 saturated carbocycles. The van der Waals surface area contributed by atoms with Gasteiger partial charge in [0.2, 0.25) is 5.91 Å². The molecule has 3 heterocycles. The van der Waals surface area contributed by atoms with Crippen molar-refractivity contribution < 1.29 is 42.9 Å². The number of amides is 3. The van der Waals surface area contributed by atoms with E-state index in [2.05, 4.69) is 29.8 Å². The molecule has 5 atom stereocenters. The summed E-state index contributed by atoms with van der Waals surface area (Å²) >= 11 is 0. The van der Waals surface area contributed by atoms with E-state index in [-0.39, 0.29) is 36.7 Å². The smallest absolute Gasteiger partial charge is 0.407 e. The molecule has 3 N–H and O–H groups in total. The van der Waals surface area contributed by atoms with Crippen molar-refractivity contribution in [3.05, 3.63) is 48.0 Å². The summed E-state index contributed by atoms with van der Waals surface area (Å²) in [5.74, 6) is -0.575. The van der Waals surface area contributed by atoms with Crippen molar-refractivity contribution in [1.82, 2.24) is 20.9 Å². The van der Waals surface area contributed by atoms with Crippen LogP contribution in [0, 0.1) is 5.92 Å². The summed E-state index contributed by atoms with van der Waals surface area (Å²) in [6.07, 6.45) is 6.05. The van der Waals surface area contributed by atoms with Crippen LogP contribution >= 0.6 is 0 Å². The van der Waals surface area contributed by atoms with Crippen LogP contribution in [0.2, 0.25) is 0 Å². The highest BCUT2D eigenvalue weighted by Gasteiger charge is 2.47. The largest absolute Gasteiger partial charge is 0.465 e. The third-order valence-corrected chi connectivity index (χ3v) is 10.6. The Balaban J connectivity index is 1.15. The van der Waals surface area contributed by atoms with Crippen molar-refractivity contribution in [1.29, 1.82) is 0 Å². The third-order valence-electron chi connectivity index (χ3n) is 10.6. The Bertz CT molecular complexity index is 1550. The number of nitrogens with one attached hydrogen (secondary N) is 3. The van der Waals surface area contributed by atoms with Crippen LogP contribution < -0.4 is 16.0 Å². The molecule has 3 amide bonds. The molecule has 2 aromatic rings. The number of alkyl carbamates (subject to hydrolysis) is 2. The zero-order valence-electron chi connectivity index (χ0n) is 33.0. The zero-order chi connectivity index (χ0) is 39.0. The minimum atomic E-state index is -0.993. The molecule has 0 unspecified atom stereocenters. The van der Waals surface area contributed by atoms with Gasteiger partial charge in [-0.1, -0.05) is 56.3 Å². The van der Waals surface area contributed by atoms with Crippen molar-refractivity contribution in [2.24, 2.45) is 5.92 Å². The van der Waals surface area contributed by atoms with E-state index in [1.807, 2.05) is 54.3 Å². The molecule has 304 valence electrons. The molecule has 13 heteroatoms. The van der Waals surface area contributed by atoms with E-state index in [0.29, 0.717) is 90.1 Å². The molecule has 13 nitrogen and oxygen atoms in total. The first-order chi connectivity index (χ1) is 26.6. The first-order valence-electron chi connectivity index (χ1n) is 20.5. The number of fused-ring (bicyclic) bond motifs is 1. The number of rotatable bonds is 19. The lowest BCUT2D eigenvalue weighted by Gasteiger charge is -2.47. The first-order valence-corrected chi connectivity index (χ1v) is 20.5. The number of hydrogen-bond acceptors (Lipinski definition) is 10. The van der Waals surface area contributed by atoms with Crippen LogP contribution in [0.4, 0.5) is 9.59 Å². The van der Waals surface area contributed by atoms with Crippen LogP contribution in [-0.4, -0.2) is 98.5 Å². The van der Waals surface area contributed by atoms with E-state index < -0.39 is 24.1 Å². The van der Waals surface area contributed by atoms with Gasteiger partial charge in [0.15, 0.2) is 5.79 Å². The molecule has 0 aromatic heterocycles. The van der Waals surface area contributed by atoms with Crippen molar-refractivity contribution in [3.8, 4) is 0 Å². The molecule has 0 bridgehead atoms. The molecule has 55 heavy (non-hydrogen) atoms. The Kier molecular flexibility index (Phi) is 16.4. The fraction of sp³-hybridized carbons (Fsp3) is 0.667. The lowest BCUT2D eigenvalue weighted by Crippen LogP contribution is -2.53. The molecule has 2 aromatic carbocycles. The van der Waals surface area contributed by atoms with Crippen LogP contribution in [0.25, 0.3) is 10.8 Å². The summed E-state index contributed by atoms with van der Waals surface area (Å²) < 4.78 is 30.2. The zero-order valence-corrected chi connectivity index (χ0v) is 33.0. The third kappa shape index (κ3) is 13.4. The van der Waals surface area contributed by atoms with Gasteiger partial charge in [-0.15, -0.1) is 0 Å². The number of hydrogen-bond donors (Lipinski definition) is 3. The Morgan fingerprint density at radius 3 is 2.56 bits per heavy atom. The molecular formula is C42H62N4O9. The standard InChI is InChI=1S/C42H62N4O9/c1-4-51-39(48)37(20-19-30(2)3)43-22-9-16-33-26-35(53-41(50)45-28-32-14-7-13-31-12-5-6-17-36(31)32)27-42(54-33)21-8-15-34(55-42)29-52-40(49)44-23-11-25-46-24-10-18-38(46)47/h5-7,12-14,17,30,33-35,37,43H,4,8-11,15-16,18-29H2,1-3H3,(H,44,49)(H,45,50)/t33-,34-,35-,37+,42+/m1/s1. The fourth-order valence-electron chi connectivity index (χ4n) is 7.84. The number of nitrogens with zero attached hydrogens (tertiary/aromatic N) is 1. The molecular weight excluding hydrogens is 704 g/mol. The van der Waals surface area contributed by atoms with Gasteiger partial charge >= 0.3 is 18.2 Å². The molecule has 0 aliphatic carbocycles. The van der Waals surface area contributed by atoms with Gasteiger partial charge in [0.25, 0.3) is 0 Å². The number of esters is 1. The highest BCUT2D eigenvalue weighted by molar-refractivity contribution is 5.86. The van der Waals surface area contributed by atoms with Gasteiger partial charge in [0.05, 0.1) is 18.8 Å². The Morgan fingerprint density at radius 2 is 1.76 bits per heavy atom. The quantitative estimate of drug-likeness (QED) is 0.0837. The second kappa shape index (κ2) is 21.4. The van der Waals surface area contributed by atoms with Crippen molar-refractivity contribution in [2.75, 3.05) is 39.4 Å². The molecule has 3 saturated heterocycles. The van der Waals surface area contributed by atoms with E-state index in [1.54, 1.807) is 0 Å². The van der Waals surface area contributed by atoms with E-state index in [1.165, 1.54) is 0 Å². The maximum absolute atomic E-state index is 13.2. The number of benzene rings is 2. The highest BCUT2D eigenvalue weighted by atomic mass is 16.7. The summed E-state index contributed by atoms with van der Waals surface area (Å²) in [5, 5.41) is 11.3. The van der Waals surface area contributed by atoms with Gasteiger partial charge in [-0.2, -0.15) is 0 Å². The summed E-state index contributed by atoms with van der Waals surface area (Å²) in [4.78, 5) is 52.1. The molecule has 3 aliphatic heterocycles. The average Bonchev–Trinajstić information content (AvgIpc) is 3.58. The Labute approximate surface area is 325 Å². The molecule has 3 fully saturated rings. The summed E-state index contributed by atoms with van der Waals surface area (Å²) in [5.41, 5.74) is 1.00. The first kappa shape index (κ1) is 42.2. The summed E-state index contributed by atoms with van der Waals surface area (Å²) in [7, 11) is 0. The van der Waals surface area contributed by atoms with E-state index >= 15 is 0 Å². The lowest BCUT2D eigenvalue weighted by atomic mass is 9.90. The van der Waals surface area contributed by atoms with Gasteiger partial charge in [-0.3, -0.25) is 9.59 Å². The number of carbonyl (C=O) groups is 4. The normalized spacial score (nSPS) is 23.2. The van der Waals surface area contributed by atoms with Crippen LogP contribution in [0.15, 0.2) is 42.5 Å². The topological polar surface area (TPSA) is 154 Å². The van der Waals surface area contributed by atoms with Gasteiger partial charge in [0.1, 0.15) is 18.8 Å². The Morgan fingerprint density at radius 1 is 0.945 bits per heavy atom. The summed E-state index contributed by atoms with van der Waals surface area (Å²) in [6.45, 7) is 9.25. The minimum Gasteiger partial charge on any atom is -0.465 e. The van der Waals surface area contributed by atoms with Crippen LogP contribution in [-0.2, 0) is 39.8 Å². The molecule has 1 spiro atoms. The minimum absolute atomic E-state index is 0.0683. The fourth-order valence-corrected chi connectivity index (χ4v) is 7.84. The monoisotopic (exact) mass is 766 g/mol. The maximum atomic E-state index is 13.2. The average molecular weight is 767 g/mol. The number of likely N-dealkylation sites (tertiary alicyclic amines) is 1. The predicted octanol–water partition coefficient (Wildman–Crippen LogP) is 6.36. The molecule has 5 rings (SSSR count). The van der Waals surface area contributed by atoms with Gasteiger partial charge in [-0.05, 0) is 87.1 Å². The number of ether oxygens (including phenoxy) is 5. The van der Waals surface area contributed by atoms with E-state index in [0.717, 1.165) is 48.6 Å². The van der Waals surface area contributed by atoms with Gasteiger partial charge in [-0.25, -0.2) is 9.59 Å². The van der Waals surface area contributed by atoms with Crippen LogP contribution in [0.5, 0.6) is 0 Å². The van der Waals surface area contributed by atoms with Crippen molar-refractivity contribution in [2.45, 2.75) is 135 Å². The lowest BCUT2D eigenvalue weighted by molar-refractivity contribution is -0.329. The highest BCUT2D eigenvalue weighted by Crippen LogP contribution is 2.41. The molecule has 3 aliphatic rings. The Hall–Kier alpha value is -3.94. The summed E-state index contributed by atoms with van der Waals surface area (Å²) in [6, 6.07) is 13.7. The maximum Gasteiger partial charge on any atom is 0.407 e. The second-order valence-electron chi connectivity index (χ2n) is 15.5.